The Labute approximate surface area is 114 Å². The third-order valence-corrected chi connectivity index (χ3v) is 2.41. The number of rotatable bonds is 2. The number of hydrogen-bond acceptors (Lipinski definition) is 3. The number of ketones is 1. The summed E-state index contributed by atoms with van der Waals surface area (Å²) in [6.07, 6.45) is -10.2. The lowest BCUT2D eigenvalue weighted by Gasteiger charge is -2.14. The van der Waals surface area contributed by atoms with Crippen LogP contribution in [0.1, 0.15) is 30.8 Å². The number of carbonyl (C=O) groups excluding carboxylic acids is 1. The van der Waals surface area contributed by atoms with Gasteiger partial charge in [-0.15, -0.1) is 0 Å². The second-order valence-electron chi connectivity index (χ2n) is 4.14. The van der Waals surface area contributed by atoms with Gasteiger partial charge in [0.25, 0.3) is 0 Å². The van der Waals surface area contributed by atoms with Gasteiger partial charge in [-0.05, 0) is 31.5 Å². The van der Waals surface area contributed by atoms with Crippen molar-refractivity contribution in [3.8, 4) is 0 Å². The van der Waals surface area contributed by atoms with Crippen LogP contribution in [0.2, 0.25) is 0 Å². The van der Waals surface area contributed by atoms with Gasteiger partial charge in [-0.1, -0.05) is 0 Å². The Balaban J connectivity index is 3.68. The molecule has 0 saturated carbocycles. The number of allylic oxidation sites excluding steroid dienone is 2. The molecule has 0 radical (unpaired) electrons. The van der Waals surface area contributed by atoms with E-state index in [1.54, 1.807) is 0 Å². The number of halogens is 6. The highest BCUT2D eigenvalue weighted by Crippen LogP contribution is 2.35. The van der Waals surface area contributed by atoms with E-state index in [0.29, 0.717) is 0 Å². The van der Waals surface area contributed by atoms with E-state index in [9.17, 15) is 36.2 Å². The molecule has 0 aliphatic heterocycles. The van der Waals surface area contributed by atoms with Crippen LogP contribution >= 0.6 is 0 Å². The van der Waals surface area contributed by atoms with Gasteiger partial charge in [0.1, 0.15) is 17.1 Å². The Morgan fingerprint density at radius 3 is 1.62 bits per heavy atom. The number of Topliss-reactive ketones (excluding diaryl/α,β-unsaturated/α-hetero) is 1. The summed E-state index contributed by atoms with van der Waals surface area (Å²) in [7, 11) is 0. The molecule has 0 spiro atoms. The number of aliphatic hydroxyl groups is 1. The zero-order chi connectivity index (χ0) is 16.6. The van der Waals surface area contributed by atoms with Crippen LogP contribution in [-0.2, 0) is 17.1 Å². The molecule has 1 rings (SSSR count). The van der Waals surface area contributed by atoms with E-state index in [4.69, 9.17) is 0 Å². The number of aliphatic hydroxyl groups excluding tert-OH is 1. The van der Waals surface area contributed by atoms with Crippen molar-refractivity contribution >= 4 is 11.4 Å². The van der Waals surface area contributed by atoms with Crippen molar-refractivity contribution in [3.63, 3.8) is 0 Å². The van der Waals surface area contributed by atoms with Crippen LogP contribution in [0.25, 0.3) is 5.57 Å². The van der Waals surface area contributed by atoms with E-state index in [0.717, 1.165) is 13.8 Å². The van der Waals surface area contributed by atoms with Gasteiger partial charge < -0.3 is 5.11 Å². The second kappa shape index (κ2) is 5.38. The van der Waals surface area contributed by atoms with Gasteiger partial charge in [-0.2, -0.15) is 26.3 Å². The van der Waals surface area contributed by atoms with Crippen molar-refractivity contribution < 1.29 is 36.2 Å². The number of aromatic nitrogens is 1. The average molecular weight is 313 g/mol. The van der Waals surface area contributed by atoms with Crippen LogP contribution < -0.4 is 0 Å². The fourth-order valence-corrected chi connectivity index (χ4v) is 1.63. The quantitative estimate of drug-likeness (QED) is 0.510. The molecule has 0 amide bonds. The number of hydrogen-bond donors (Lipinski definition) is 1. The molecule has 0 atom stereocenters. The summed E-state index contributed by atoms with van der Waals surface area (Å²) in [5.74, 6) is -1.56. The predicted octanol–water partition coefficient (Wildman–Crippen LogP) is 4.00. The van der Waals surface area contributed by atoms with E-state index in [1.807, 2.05) is 0 Å². The normalized spacial score (nSPS) is 13.9. The van der Waals surface area contributed by atoms with E-state index >= 15 is 0 Å². The predicted molar refractivity (Wildman–Crippen MR) is 60.1 cm³/mol. The van der Waals surface area contributed by atoms with Crippen molar-refractivity contribution in [3.05, 3.63) is 34.8 Å². The molecule has 1 aromatic rings. The molecule has 0 fully saturated rings. The topological polar surface area (TPSA) is 50.2 Å². The van der Waals surface area contributed by atoms with Crippen LogP contribution in [0.4, 0.5) is 26.3 Å². The third kappa shape index (κ3) is 3.96. The maximum atomic E-state index is 12.6. The third-order valence-electron chi connectivity index (χ3n) is 2.41. The first kappa shape index (κ1) is 17.0. The maximum absolute atomic E-state index is 12.6. The molecular formula is C12H9F6NO2. The van der Waals surface area contributed by atoms with Gasteiger partial charge in [0, 0.05) is 0 Å². The van der Waals surface area contributed by atoms with Crippen molar-refractivity contribution in [2.45, 2.75) is 26.2 Å². The van der Waals surface area contributed by atoms with E-state index in [-0.39, 0.29) is 12.1 Å². The molecule has 3 nitrogen and oxygen atoms in total. The Morgan fingerprint density at radius 2 is 1.38 bits per heavy atom. The SMILES string of the molecule is CC(=O)/C(=C(/C)O)c1cc(C(F)(F)F)nc(C(F)(F)F)c1. The smallest absolute Gasteiger partial charge is 0.433 e. The van der Waals surface area contributed by atoms with E-state index in [2.05, 4.69) is 4.98 Å². The Morgan fingerprint density at radius 1 is 1.00 bits per heavy atom. The molecule has 1 heterocycles. The van der Waals surface area contributed by atoms with Crippen molar-refractivity contribution in [1.82, 2.24) is 4.98 Å². The van der Waals surface area contributed by atoms with Crippen LogP contribution in [0, 0.1) is 0 Å². The average Bonchev–Trinajstić information content (AvgIpc) is 2.25. The fraction of sp³-hybridized carbons (Fsp3) is 0.333. The van der Waals surface area contributed by atoms with Gasteiger partial charge in [0.05, 0.1) is 5.57 Å². The molecule has 116 valence electrons. The van der Waals surface area contributed by atoms with Crippen LogP contribution in [-0.4, -0.2) is 15.9 Å². The highest BCUT2D eigenvalue weighted by Gasteiger charge is 2.39. The van der Waals surface area contributed by atoms with Crippen molar-refractivity contribution in [2.75, 3.05) is 0 Å². The highest BCUT2D eigenvalue weighted by molar-refractivity contribution is 6.20. The summed E-state index contributed by atoms with van der Waals surface area (Å²) >= 11 is 0. The number of nitrogens with zero attached hydrogens (tertiary/aromatic N) is 1. The first-order chi connectivity index (χ1) is 9.34. The van der Waals surface area contributed by atoms with Gasteiger partial charge in [-0.3, -0.25) is 4.79 Å². The summed E-state index contributed by atoms with van der Waals surface area (Å²) < 4.78 is 75.7. The zero-order valence-corrected chi connectivity index (χ0v) is 10.7. The summed E-state index contributed by atoms with van der Waals surface area (Å²) in [6.45, 7) is 1.90. The molecule has 0 bridgehead atoms. The number of alkyl halides is 6. The molecule has 0 unspecified atom stereocenters. The van der Waals surface area contributed by atoms with E-state index in [1.165, 1.54) is 0 Å². The summed E-state index contributed by atoms with van der Waals surface area (Å²) in [6, 6.07) is 0.567. The second-order valence-corrected chi connectivity index (χ2v) is 4.14. The Kier molecular flexibility index (Phi) is 4.35. The summed E-state index contributed by atoms with van der Waals surface area (Å²) in [4.78, 5) is 13.8. The molecule has 0 aliphatic rings. The van der Waals surface area contributed by atoms with Crippen LogP contribution in [0.15, 0.2) is 17.9 Å². The highest BCUT2D eigenvalue weighted by atomic mass is 19.4. The Hall–Kier alpha value is -2.06. The number of carbonyl (C=O) groups is 1. The molecule has 21 heavy (non-hydrogen) atoms. The fourth-order valence-electron chi connectivity index (χ4n) is 1.63. The minimum Gasteiger partial charge on any atom is -0.512 e. The monoisotopic (exact) mass is 313 g/mol. The largest absolute Gasteiger partial charge is 0.512 e. The lowest BCUT2D eigenvalue weighted by molar-refractivity contribution is -0.150. The first-order valence-electron chi connectivity index (χ1n) is 5.41. The Bertz CT molecular complexity index is 564. The lowest BCUT2D eigenvalue weighted by atomic mass is 10.00. The van der Waals surface area contributed by atoms with Gasteiger partial charge in [-0.25, -0.2) is 4.98 Å². The first-order valence-corrected chi connectivity index (χ1v) is 5.41. The van der Waals surface area contributed by atoms with Crippen LogP contribution in [0.5, 0.6) is 0 Å². The standard InChI is InChI=1S/C12H9F6NO2/c1-5(20)10(6(2)21)7-3-8(11(13,14)15)19-9(4-7)12(16,17)18/h3-4,20H,1-2H3/b10-5+. The van der Waals surface area contributed by atoms with Gasteiger partial charge >= 0.3 is 12.4 Å². The van der Waals surface area contributed by atoms with Gasteiger partial charge in [0.2, 0.25) is 0 Å². The molecule has 0 aliphatic carbocycles. The minimum atomic E-state index is -5.12. The molecular weight excluding hydrogens is 304 g/mol. The zero-order valence-electron chi connectivity index (χ0n) is 10.7. The molecule has 1 N–H and O–H groups in total. The maximum Gasteiger partial charge on any atom is 0.433 e. The lowest BCUT2D eigenvalue weighted by Crippen LogP contribution is -2.16. The molecule has 1 aromatic heterocycles. The van der Waals surface area contributed by atoms with Crippen molar-refractivity contribution in [2.24, 2.45) is 0 Å². The summed E-state index contributed by atoms with van der Waals surface area (Å²) in [5, 5.41) is 9.30. The molecule has 0 aromatic carbocycles. The number of pyridine rings is 1. The summed E-state index contributed by atoms with van der Waals surface area (Å²) in [5.41, 5.74) is -4.93. The van der Waals surface area contributed by atoms with Crippen molar-refractivity contribution in [1.29, 1.82) is 0 Å². The van der Waals surface area contributed by atoms with Crippen LogP contribution in [0.3, 0.4) is 0 Å². The van der Waals surface area contributed by atoms with E-state index < -0.39 is 46.4 Å². The van der Waals surface area contributed by atoms with Gasteiger partial charge in [0.15, 0.2) is 5.78 Å². The molecule has 9 heteroatoms. The minimum absolute atomic E-state index is 0.283. The molecule has 0 saturated heterocycles.